The van der Waals surface area contributed by atoms with Gasteiger partial charge in [-0.1, -0.05) is 0 Å². The number of halogens is 2. The Morgan fingerprint density at radius 3 is 2.65 bits per heavy atom. The third-order valence-corrected chi connectivity index (χ3v) is 5.28. The predicted octanol–water partition coefficient (Wildman–Crippen LogP) is -1.68. The van der Waals surface area contributed by atoms with E-state index in [2.05, 4.69) is 37.3 Å². The molecular weight excluding hydrogens is 287 g/mol. The van der Waals surface area contributed by atoms with Gasteiger partial charge < -0.3 is 24.8 Å². The summed E-state index contributed by atoms with van der Waals surface area (Å²) < 4.78 is 3.50. The molecule has 3 heteroatoms. The second kappa shape index (κ2) is 9.22. The molecule has 0 N–H and O–H groups in total. The first-order valence-corrected chi connectivity index (χ1v) is 7.47. The van der Waals surface area contributed by atoms with E-state index >= 15 is 0 Å². The van der Waals surface area contributed by atoms with Crippen molar-refractivity contribution in [3.8, 4) is 0 Å². The first-order valence-electron chi connectivity index (χ1n) is 5.91. The van der Waals surface area contributed by atoms with E-state index in [1.807, 2.05) is 0 Å². The molecular formula is C14H18Cl2Ti. The molecule has 17 heavy (non-hydrogen) atoms. The quantitative estimate of drug-likeness (QED) is 0.533. The molecule has 0 aliphatic heterocycles. The van der Waals surface area contributed by atoms with Crippen LogP contribution in [-0.4, -0.2) is 0 Å². The van der Waals surface area contributed by atoms with E-state index in [1.165, 1.54) is 32.1 Å². The zero-order valence-electron chi connectivity index (χ0n) is 10.2. The van der Waals surface area contributed by atoms with Crippen LogP contribution >= 0.6 is 0 Å². The van der Waals surface area contributed by atoms with Crippen LogP contribution in [0.1, 0.15) is 39.0 Å². The van der Waals surface area contributed by atoms with E-state index < -0.39 is 0 Å². The Kier molecular flexibility index (Phi) is 9.36. The summed E-state index contributed by atoms with van der Waals surface area (Å²) in [6, 6.07) is 0. The zero-order valence-corrected chi connectivity index (χ0v) is 13.3. The van der Waals surface area contributed by atoms with Crippen LogP contribution in [0.15, 0.2) is 43.7 Å². The maximum absolute atomic E-state index is 2.37. The molecule has 0 aromatic carbocycles. The fourth-order valence-electron chi connectivity index (χ4n) is 2.02. The summed E-state index contributed by atoms with van der Waals surface area (Å²) in [4.78, 5) is 0. The van der Waals surface area contributed by atoms with Crippen molar-refractivity contribution in [1.29, 1.82) is 0 Å². The number of rotatable bonds is 5. The minimum absolute atomic E-state index is 0. The third kappa shape index (κ3) is 5.18. The summed E-state index contributed by atoms with van der Waals surface area (Å²) in [6.45, 7) is 2.28. The van der Waals surface area contributed by atoms with Gasteiger partial charge in [-0.3, -0.25) is 0 Å². The van der Waals surface area contributed by atoms with Gasteiger partial charge in [0.05, 0.1) is 0 Å². The fraction of sp³-hybridized carbons (Fsp3) is 0.429. The first-order chi connectivity index (χ1) is 7.40. The molecule has 0 atom stereocenters. The van der Waals surface area contributed by atoms with Crippen molar-refractivity contribution in [3.63, 3.8) is 0 Å². The maximum Gasteiger partial charge on any atom is -1.00 e. The molecule has 0 bridgehead atoms. The topological polar surface area (TPSA) is 0 Å². The second-order valence-corrected chi connectivity index (χ2v) is 6.50. The van der Waals surface area contributed by atoms with Crippen LogP contribution in [0.4, 0.5) is 0 Å². The number of hydrogen-bond donors (Lipinski definition) is 0. The van der Waals surface area contributed by atoms with E-state index in [0.29, 0.717) is 0 Å². The van der Waals surface area contributed by atoms with Crippen LogP contribution in [0, 0.1) is 0 Å². The molecule has 0 fully saturated rings. The Morgan fingerprint density at radius 1 is 1.18 bits per heavy atom. The largest absolute Gasteiger partial charge is 1.00 e. The van der Waals surface area contributed by atoms with Gasteiger partial charge in [0.25, 0.3) is 0 Å². The molecule has 2 aliphatic carbocycles. The van der Waals surface area contributed by atoms with E-state index in [0.717, 1.165) is 0 Å². The van der Waals surface area contributed by atoms with Crippen molar-refractivity contribution >= 4 is 0 Å². The van der Waals surface area contributed by atoms with Gasteiger partial charge in [-0.15, -0.1) is 0 Å². The molecule has 2 aliphatic rings. The van der Waals surface area contributed by atoms with E-state index in [1.54, 1.807) is 13.3 Å². The fourth-order valence-corrected chi connectivity index (χ4v) is 4.17. The first kappa shape index (κ1) is 17.3. The van der Waals surface area contributed by atoms with E-state index in [9.17, 15) is 0 Å². The third-order valence-electron chi connectivity index (χ3n) is 2.91. The van der Waals surface area contributed by atoms with Crippen molar-refractivity contribution in [2.45, 2.75) is 39.0 Å². The molecule has 0 heterocycles. The van der Waals surface area contributed by atoms with Crippen molar-refractivity contribution in [2.24, 2.45) is 0 Å². The van der Waals surface area contributed by atoms with Crippen LogP contribution in [0.25, 0.3) is 0 Å². The Labute approximate surface area is 126 Å². The van der Waals surface area contributed by atoms with Gasteiger partial charge in [0, 0.05) is 0 Å². The SMILES string of the molecule is CCCCC1=[C]([Ti+2][C]2=CC=CC2)CC=C1.[Cl-].[Cl-]. The molecule has 2 rings (SSSR count). The van der Waals surface area contributed by atoms with Crippen molar-refractivity contribution < 1.29 is 44.0 Å². The predicted molar refractivity (Wildman–Crippen MR) is 62.1 cm³/mol. The number of allylic oxidation sites excluding steroid dienone is 8. The molecule has 0 saturated heterocycles. The molecule has 0 nitrogen and oxygen atoms in total. The monoisotopic (exact) mass is 304 g/mol. The van der Waals surface area contributed by atoms with Crippen LogP contribution in [0.5, 0.6) is 0 Å². The molecule has 0 spiro atoms. The number of hydrogen-bond acceptors (Lipinski definition) is 0. The standard InChI is InChI=1S/C9H13.C5H5.2ClH.Ti/c1-2-3-6-9-7-4-5-8-9;1-2-4-5-3-1;;;/h4,7H,2-3,5-6H2,1H3;1-3H,4H2;2*1H;/q;;;;+2/p-2. The molecule has 0 aromatic rings. The number of unbranched alkanes of at least 4 members (excludes halogenated alkanes) is 1. The molecule has 0 amide bonds. The molecule has 0 radical (unpaired) electrons. The van der Waals surface area contributed by atoms with Gasteiger partial charge in [0.1, 0.15) is 0 Å². The minimum Gasteiger partial charge on any atom is -1.00 e. The van der Waals surface area contributed by atoms with Crippen LogP contribution in [-0.2, 0) is 19.2 Å². The van der Waals surface area contributed by atoms with E-state index in [4.69, 9.17) is 0 Å². The van der Waals surface area contributed by atoms with Gasteiger partial charge >= 0.3 is 102 Å². The normalized spacial score (nSPS) is 16.4. The Balaban J connectivity index is 0.00000128. The maximum atomic E-state index is 2.37. The summed E-state index contributed by atoms with van der Waals surface area (Å²) >= 11 is 0.0348. The average Bonchev–Trinajstić information content (AvgIpc) is 2.87. The van der Waals surface area contributed by atoms with E-state index in [-0.39, 0.29) is 44.0 Å². The van der Waals surface area contributed by atoms with Gasteiger partial charge in [-0.2, -0.15) is 0 Å². The summed E-state index contributed by atoms with van der Waals surface area (Å²) in [5.41, 5.74) is 1.67. The Morgan fingerprint density at radius 2 is 2.00 bits per heavy atom. The van der Waals surface area contributed by atoms with Crippen molar-refractivity contribution in [1.82, 2.24) is 0 Å². The Hall–Kier alpha value is 0.254. The molecule has 0 saturated carbocycles. The smallest absolute Gasteiger partial charge is 1.00 e. The van der Waals surface area contributed by atoms with Crippen LogP contribution in [0.3, 0.4) is 0 Å². The van der Waals surface area contributed by atoms with Gasteiger partial charge in [0.2, 0.25) is 0 Å². The zero-order chi connectivity index (χ0) is 10.5. The van der Waals surface area contributed by atoms with Crippen LogP contribution in [0.2, 0.25) is 0 Å². The van der Waals surface area contributed by atoms with Crippen molar-refractivity contribution in [2.75, 3.05) is 0 Å². The Bertz CT molecular complexity index is 351. The van der Waals surface area contributed by atoms with Crippen LogP contribution < -0.4 is 24.8 Å². The average molecular weight is 305 g/mol. The summed E-state index contributed by atoms with van der Waals surface area (Å²) in [6.07, 6.45) is 18.0. The summed E-state index contributed by atoms with van der Waals surface area (Å²) in [5.74, 6) is 0. The van der Waals surface area contributed by atoms with Gasteiger partial charge in [-0.05, 0) is 0 Å². The molecule has 0 aromatic heterocycles. The molecule has 0 unspecified atom stereocenters. The van der Waals surface area contributed by atoms with Crippen molar-refractivity contribution in [3.05, 3.63) is 43.7 Å². The molecule has 92 valence electrons. The van der Waals surface area contributed by atoms with Gasteiger partial charge in [-0.25, -0.2) is 0 Å². The summed E-state index contributed by atoms with van der Waals surface area (Å²) in [7, 11) is 0. The summed E-state index contributed by atoms with van der Waals surface area (Å²) in [5, 5.41) is 0. The second-order valence-electron chi connectivity index (χ2n) is 4.16. The van der Waals surface area contributed by atoms with Gasteiger partial charge in [0.15, 0.2) is 0 Å². The minimum atomic E-state index is 0.